The van der Waals surface area contributed by atoms with Gasteiger partial charge in [-0.05, 0) is 190 Å². The van der Waals surface area contributed by atoms with Gasteiger partial charge in [0.25, 0.3) is 0 Å². The van der Waals surface area contributed by atoms with Gasteiger partial charge in [0.1, 0.15) is 11.6 Å². The Morgan fingerprint density at radius 1 is 0.934 bits per heavy atom. The number of nitrogens with two attached hydrogens (primary N) is 1. The lowest BCUT2D eigenvalue weighted by molar-refractivity contribution is -0.124. The van der Waals surface area contributed by atoms with Gasteiger partial charge in [-0.15, -0.1) is 0 Å². The van der Waals surface area contributed by atoms with Crippen molar-refractivity contribution in [2.45, 2.75) is 103 Å². The molecule has 1 aliphatic heterocycles. The summed E-state index contributed by atoms with van der Waals surface area (Å²) in [6, 6.07) is 24.4. The summed E-state index contributed by atoms with van der Waals surface area (Å²) < 4.78 is 5.47. The van der Waals surface area contributed by atoms with Gasteiger partial charge in [-0.3, -0.25) is 9.59 Å². The highest BCUT2D eigenvalue weighted by molar-refractivity contribution is 6.07. The molecule has 326 valence electrons. The number of aryl methyl sites for hydroxylation is 4. The Hall–Kier alpha value is -4.83. The first-order valence-electron chi connectivity index (χ1n) is 22.6. The molecular formula is C52H68N4O5. The molecule has 1 saturated heterocycles. The summed E-state index contributed by atoms with van der Waals surface area (Å²) in [5, 5.41) is 28.6. The third kappa shape index (κ3) is 13.3. The molecule has 1 saturated carbocycles. The van der Waals surface area contributed by atoms with Crippen LogP contribution in [0, 0.1) is 17.3 Å². The van der Waals surface area contributed by atoms with Crippen LogP contribution in [-0.4, -0.2) is 67.2 Å². The minimum absolute atomic E-state index is 0.0506. The highest BCUT2D eigenvalue weighted by Crippen LogP contribution is 2.48. The lowest BCUT2D eigenvalue weighted by atomic mass is 9.69. The number of aliphatic hydroxyl groups is 1. The number of hydrogen-bond donors (Lipinski definition) is 5. The zero-order valence-electron chi connectivity index (χ0n) is 36.5. The normalized spacial score (nSPS) is 16.1. The lowest BCUT2D eigenvalue weighted by Crippen LogP contribution is -2.37. The van der Waals surface area contributed by atoms with Crippen molar-refractivity contribution < 1.29 is 24.5 Å². The van der Waals surface area contributed by atoms with Crippen LogP contribution in [0.3, 0.4) is 0 Å². The van der Waals surface area contributed by atoms with Crippen molar-refractivity contribution >= 4 is 23.0 Å². The van der Waals surface area contributed by atoms with Crippen molar-refractivity contribution in [1.82, 2.24) is 15.6 Å². The monoisotopic (exact) mass is 829 g/mol. The zero-order chi connectivity index (χ0) is 43.0. The van der Waals surface area contributed by atoms with E-state index in [1.807, 2.05) is 12.1 Å². The first-order valence-corrected chi connectivity index (χ1v) is 22.6. The van der Waals surface area contributed by atoms with E-state index in [9.17, 15) is 19.8 Å². The number of carbonyl (C=O) groups excluding carboxylic acids is 2. The highest BCUT2D eigenvalue weighted by atomic mass is 16.5. The average Bonchev–Trinajstić information content (AvgIpc) is 3.74. The number of nitrogens with zero attached hydrogens (tertiary/aromatic N) is 1. The minimum Gasteiger partial charge on any atom is -0.504 e. The Morgan fingerprint density at radius 2 is 1.64 bits per heavy atom. The molecule has 0 amide bonds. The number of hydrogen-bond acceptors (Lipinski definition) is 9. The smallest absolute Gasteiger partial charge is 0.163 e. The molecule has 0 unspecified atom stereocenters. The number of nitrogens with one attached hydrogen (secondary N) is 2. The number of methoxy groups -OCH3 is 1. The third-order valence-electron chi connectivity index (χ3n) is 13.4. The topological polar surface area (TPSA) is 147 Å². The fourth-order valence-corrected chi connectivity index (χ4v) is 10.1. The fourth-order valence-electron chi connectivity index (χ4n) is 10.1. The van der Waals surface area contributed by atoms with Crippen molar-refractivity contribution in [3.8, 4) is 11.5 Å². The number of rotatable bonds is 23. The van der Waals surface area contributed by atoms with Gasteiger partial charge in [-0.2, -0.15) is 0 Å². The number of pyridine rings is 1. The number of carbonyl (C=O) groups is 2. The molecule has 61 heavy (non-hydrogen) atoms. The molecule has 3 aromatic carbocycles. The summed E-state index contributed by atoms with van der Waals surface area (Å²) >= 11 is 0. The maximum Gasteiger partial charge on any atom is 0.163 e. The third-order valence-corrected chi connectivity index (χ3v) is 13.4. The number of aliphatic hydroxyl groups excluding tert-OH is 1. The van der Waals surface area contributed by atoms with Crippen LogP contribution >= 0.6 is 0 Å². The van der Waals surface area contributed by atoms with Crippen LogP contribution in [0.1, 0.15) is 110 Å². The first-order chi connectivity index (χ1) is 29.7. The Bertz CT molecular complexity index is 2070. The fraction of sp³-hybridized carbons (Fsp3) is 0.481. The predicted molar refractivity (Wildman–Crippen MR) is 246 cm³/mol. The second kappa shape index (κ2) is 22.9. The number of phenols is 1. The highest BCUT2D eigenvalue weighted by Gasteiger charge is 2.38. The SMILES string of the molecule is CNC[C@H](CC1(CCCC(=O)CC(=O)/C=C(\CO)c2cc(OC)c(O)cc2Cc2cnc(N)cc2CCc2cccc(CCc3ccccc3)c2)CCCC1)C1CCNCC1. The number of anilines is 1. The number of aromatic hydroxyl groups is 1. The van der Waals surface area contributed by atoms with E-state index in [1.165, 1.54) is 74.8 Å². The van der Waals surface area contributed by atoms with Gasteiger partial charge in [0.2, 0.25) is 0 Å². The van der Waals surface area contributed by atoms with E-state index in [0.717, 1.165) is 75.2 Å². The van der Waals surface area contributed by atoms with E-state index in [2.05, 4.69) is 71.2 Å². The molecule has 2 aliphatic rings. The zero-order valence-corrected chi connectivity index (χ0v) is 36.5. The molecule has 1 aromatic heterocycles. The second-order valence-electron chi connectivity index (χ2n) is 17.7. The number of Topliss-reactive ketones (excluding diaryl/α,β-unsaturated/α-hetero) is 1. The predicted octanol–water partition coefficient (Wildman–Crippen LogP) is 8.40. The minimum atomic E-state index is -0.429. The number of benzene rings is 3. The van der Waals surface area contributed by atoms with Crippen LogP contribution in [-0.2, 0) is 41.7 Å². The summed E-state index contributed by atoms with van der Waals surface area (Å²) in [7, 11) is 3.53. The van der Waals surface area contributed by atoms with Gasteiger partial charge in [-0.25, -0.2) is 4.98 Å². The largest absolute Gasteiger partial charge is 0.504 e. The summed E-state index contributed by atoms with van der Waals surface area (Å²) in [6.07, 6.45) is 17.6. The maximum absolute atomic E-state index is 13.5. The van der Waals surface area contributed by atoms with Crippen molar-refractivity contribution in [1.29, 1.82) is 0 Å². The van der Waals surface area contributed by atoms with Gasteiger partial charge in [0.05, 0.1) is 20.1 Å². The van der Waals surface area contributed by atoms with Crippen LogP contribution in [0.2, 0.25) is 0 Å². The maximum atomic E-state index is 13.5. The van der Waals surface area contributed by atoms with Gasteiger partial charge < -0.3 is 31.3 Å². The summed E-state index contributed by atoms with van der Waals surface area (Å²) in [6.45, 7) is 2.81. The van der Waals surface area contributed by atoms with E-state index in [0.29, 0.717) is 41.3 Å². The quantitative estimate of drug-likeness (QED) is 0.0368. The number of ketones is 2. The van der Waals surface area contributed by atoms with Crippen molar-refractivity contribution in [2.24, 2.45) is 17.3 Å². The lowest BCUT2D eigenvalue weighted by Gasteiger charge is -2.38. The number of phenolic OH excluding ortho intramolecular Hbond substituents is 1. The number of ether oxygens (including phenoxy) is 1. The standard InChI is InChI=1S/C52H68N4O5/c1-54-34-45(40-19-24-55-25-20-40)33-52(21-6-7-22-52)23-9-14-46(58)31-47(59)28-44(36-57)48-32-50(61-2)49(60)29-42(48)27-43-35-56-51(53)30-41(43)18-17-39-13-8-12-38(26-39)16-15-37-10-4-3-5-11-37/h3-5,8,10-13,26,28-30,32,35,40,45,54-55,57,60H,6-7,9,14-25,27,31,33-34,36H2,1-2H3,(H2,53,56)/b44-28+/t45-/m0/s1. The number of piperidine rings is 1. The Morgan fingerprint density at radius 3 is 2.34 bits per heavy atom. The van der Waals surface area contributed by atoms with Crippen molar-refractivity contribution in [2.75, 3.05) is 46.1 Å². The van der Waals surface area contributed by atoms with Gasteiger partial charge in [0.15, 0.2) is 17.3 Å². The Balaban J connectivity index is 1.11. The van der Waals surface area contributed by atoms with E-state index in [1.54, 1.807) is 18.3 Å². The molecule has 2 heterocycles. The second-order valence-corrected chi connectivity index (χ2v) is 17.7. The molecule has 6 N–H and O–H groups in total. The summed E-state index contributed by atoms with van der Waals surface area (Å²) in [5.74, 6) is 1.57. The Kier molecular flexibility index (Phi) is 17.1. The van der Waals surface area contributed by atoms with Crippen LogP contribution < -0.4 is 21.1 Å². The van der Waals surface area contributed by atoms with Gasteiger partial charge in [0, 0.05) is 12.6 Å². The summed E-state index contributed by atoms with van der Waals surface area (Å²) in [5.41, 5.74) is 13.9. The molecule has 9 heteroatoms. The van der Waals surface area contributed by atoms with E-state index in [-0.39, 0.29) is 34.9 Å². The molecule has 0 spiro atoms. The molecule has 1 atom stereocenters. The molecule has 4 aromatic rings. The van der Waals surface area contributed by atoms with Gasteiger partial charge >= 0.3 is 0 Å². The van der Waals surface area contributed by atoms with Crippen LogP contribution in [0.4, 0.5) is 5.82 Å². The first kappa shape index (κ1) is 45.7. The van der Waals surface area contributed by atoms with Crippen LogP contribution in [0.15, 0.2) is 85.1 Å². The number of nitrogen functional groups attached to an aromatic ring is 1. The van der Waals surface area contributed by atoms with Crippen molar-refractivity contribution in [3.63, 3.8) is 0 Å². The molecule has 0 radical (unpaired) electrons. The molecule has 2 fully saturated rings. The molecule has 0 bridgehead atoms. The number of aromatic nitrogens is 1. The number of allylic oxidation sites excluding steroid dienone is 1. The summed E-state index contributed by atoms with van der Waals surface area (Å²) in [4.78, 5) is 31.2. The molecule has 6 rings (SSSR count). The molecule has 1 aliphatic carbocycles. The van der Waals surface area contributed by atoms with Crippen LogP contribution in [0.25, 0.3) is 5.57 Å². The average molecular weight is 829 g/mol. The molecule has 9 nitrogen and oxygen atoms in total. The van der Waals surface area contributed by atoms with Gasteiger partial charge in [-0.1, -0.05) is 67.4 Å². The molecular weight excluding hydrogens is 761 g/mol. The van der Waals surface area contributed by atoms with E-state index < -0.39 is 6.61 Å². The van der Waals surface area contributed by atoms with Crippen LogP contribution in [0.5, 0.6) is 11.5 Å². The van der Waals surface area contributed by atoms with E-state index in [4.69, 9.17) is 10.5 Å². The van der Waals surface area contributed by atoms with Crippen molar-refractivity contribution in [3.05, 3.63) is 124 Å². The Labute approximate surface area is 363 Å². The van der Waals surface area contributed by atoms with E-state index >= 15 is 0 Å².